The van der Waals surface area contributed by atoms with E-state index in [1.807, 2.05) is 13.0 Å². The van der Waals surface area contributed by atoms with Crippen molar-refractivity contribution in [1.82, 2.24) is 5.32 Å². The van der Waals surface area contributed by atoms with Crippen molar-refractivity contribution >= 4 is 17.6 Å². The van der Waals surface area contributed by atoms with Crippen LogP contribution in [0.1, 0.15) is 46.1 Å². The first-order valence-electron chi connectivity index (χ1n) is 10.3. The number of esters is 2. The van der Waals surface area contributed by atoms with Crippen molar-refractivity contribution in [2.24, 2.45) is 0 Å². The van der Waals surface area contributed by atoms with Crippen LogP contribution in [-0.2, 0) is 19.1 Å². The molecule has 1 aromatic carbocycles. The Balaban J connectivity index is 2.55. The molecule has 2 rings (SSSR count). The maximum Gasteiger partial charge on any atom is 0.337 e. The van der Waals surface area contributed by atoms with Crippen LogP contribution in [0.4, 0.5) is 5.69 Å². The van der Waals surface area contributed by atoms with Crippen molar-refractivity contribution in [2.75, 3.05) is 6.61 Å². The van der Waals surface area contributed by atoms with Gasteiger partial charge in [-0.2, -0.15) is 0 Å². The highest BCUT2D eigenvalue weighted by Crippen LogP contribution is 2.40. The number of hydrogen-bond donors (Lipinski definition) is 1. The molecule has 1 aromatic rings. The zero-order valence-electron chi connectivity index (χ0n) is 18.9. The van der Waals surface area contributed by atoms with Crippen LogP contribution in [0.5, 0.6) is 0 Å². The van der Waals surface area contributed by atoms with E-state index in [-0.39, 0.29) is 29.5 Å². The molecular formula is C24H28N2O6. The number of nitro groups is 1. The molecule has 0 radical (unpaired) electrons. The lowest BCUT2D eigenvalue weighted by Crippen LogP contribution is -2.33. The molecule has 1 aliphatic heterocycles. The summed E-state index contributed by atoms with van der Waals surface area (Å²) in [6.07, 6.45) is 6.70. The number of allylic oxidation sites excluding steroid dienone is 5. The molecule has 1 unspecified atom stereocenters. The Hall–Kier alpha value is -3.68. The standard InChI is InChI=1S/C24H28N2O6/c1-6-7-8-9-13-31-23(27)20-16(4)25-17(5)21(24(28)32-15(2)3)22(20)18-11-10-12-19(14-18)26(29)30/h6-12,14-15,22,25H,13H2,1-5H3. The molecule has 8 nitrogen and oxygen atoms in total. The number of benzene rings is 1. The number of rotatable bonds is 8. The van der Waals surface area contributed by atoms with E-state index in [0.717, 1.165) is 0 Å². The van der Waals surface area contributed by atoms with Gasteiger partial charge in [0.15, 0.2) is 0 Å². The number of nitrogens with one attached hydrogen (secondary N) is 1. The summed E-state index contributed by atoms with van der Waals surface area (Å²) in [4.78, 5) is 36.9. The van der Waals surface area contributed by atoms with Gasteiger partial charge in [-0.05, 0) is 46.3 Å². The highest BCUT2D eigenvalue weighted by atomic mass is 16.6. The fourth-order valence-corrected chi connectivity index (χ4v) is 3.41. The molecular weight excluding hydrogens is 412 g/mol. The Kier molecular flexibility index (Phi) is 8.52. The lowest BCUT2D eigenvalue weighted by molar-refractivity contribution is -0.384. The number of carbonyl (C=O) groups is 2. The van der Waals surface area contributed by atoms with Gasteiger partial charge in [0.25, 0.3) is 5.69 Å². The minimum Gasteiger partial charge on any atom is -0.460 e. The number of dihydropyridines is 1. The van der Waals surface area contributed by atoms with Gasteiger partial charge in [-0.3, -0.25) is 10.1 Å². The number of ether oxygens (including phenoxy) is 2. The number of nitro benzene ring substituents is 1. The Morgan fingerprint density at radius 3 is 2.41 bits per heavy atom. The van der Waals surface area contributed by atoms with Gasteiger partial charge in [-0.15, -0.1) is 0 Å². The highest BCUT2D eigenvalue weighted by molar-refractivity contribution is 6.00. The first-order chi connectivity index (χ1) is 15.2. The predicted octanol–water partition coefficient (Wildman–Crippen LogP) is 4.46. The lowest BCUT2D eigenvalue weighted by Gasteiger charge is -2.30. The van der Waals surface area contributed by atoms with Crippen LogP contribution in [0, 0.1) is 10.1 Å². The molecule has 8 heteroatoms. The minimum atomic E-state index is -0.880. The van der Waals surface area contributed by atoms with Crippen molar-refractivity contribution in [1.29, 1.82) is 0 Å². The van der Waals surface area contributed by atoms with Gasteiger partial charge in [-0.25, -0.2) is 9.59 Å². The van der Waals surface area contributed by atoms with Gasteiger partial charge in [0, 0.05) is 23.5 Å². The maximum atomic E-state index is 13.1. The van der Waals surface area contributed by atoms with Crippen LogP contribution >= 0.6 is 0 Å². The van der Waals surface area contributed by atoms with Crippen molar-refractivity contribution in [3.63, 3.8) is 0 Å². The fourth-order valence-electron chi connectivity index (χ4n) is 3.41. The van der Waals surface area contributed by atoms with E-state index < -0.39 is 22.8 Å². The minimum absolute atomic E-state index is 0.0378. The monoisotopic (exact) mass is 440 g/mol. The second-order valence-electron chi connectivity index (χ2n) is 7.49. The molecule has 0 spiro atoms. The van der Waals surface area contributed by atoms with E-state index in [1.165, 1.54) is 18.2 Å². The lowest BCUT2D eigenvalue weighted by atomic mass is 9.80. The predicted molar refractivity (Wildman–Crippen MR) is 121 cm³/mol. The molecule has 1 atom stereocenters. The number of carbonyl (C=O) groups excluding carboxylic acids is 2. The molecule has 0 saturated heterocycles. The van der Waals surface area contributed by atoms with E-state index in [0.29, 0.717) is 17.0 Å². The molecule has 0 fully saturated rings. The molecule has 1 heterocycles. The van der Waals surface area contributed by atoms with Gasteiger partial charge >= 0.3 is 11.9 Å². The van der Waals surface area contributed by atoms with Crippen LogP contribution in [0.15, 0.2) is 71.1 Å². The van der Waals surface area contributed by atoms with Crippen molar-refractivity contribution in [2.45, 2.75) is 46.6 Å². The van der Waals surface area contributed by atoms with Crippen molar-refractivity contribution in [3.05, 3.63) is 86.8 Å². The largest absolute Gasteiger partial charge is 0.460 e. The van der Waals surface area contributed by atoms with Crippen molar-refractivity contribution < 1.29 is 24.0 Å². The first kappa shape index (κ1) is 24.6. The molecule has 0 aromatic heterocycles. The molecule has 1 N–H and O–H groups in total. The zero-order valence-corrected chi connectivity index (χ0v) is 18.9. The van der Waals surface area contributed by atoms with Gasteiger partial charge in [-0.1, -0.05) is 30.4 Å². The van der Waals surface area contributed by atoms with Crippen LogP contribution in [0.25, 0.3) is 0 Å². The summed E-state index contributed by atoms with van der Waals surface area (Å²) in [5, 5.41) is 14.4. The summed E-state index contributed by atoms with van der Waals surface area (Å²) in [5.74, 6) is -2.11. The summed E-state index contributed by atoms with van der Waals surface area (Å²) < 4.78 is 10.8. The second-order valence-corrected chi connectivity index (χ2v) is 7.49. The van der Waals surface area contributed by atoms with Crippen LogP contribution < -0.4 is 5.32 Å². The molecule has 0 saturated carbocycles. The molecule has 1 aliphatic rings. The molecule has 0 bridgehead atoms. The highest BCUT2D eigenvalue weighted by Gasteiger charge is 2.38. The van der Waals surface area contributed by atoms with Crippen LogP contribution in [0.2, 0.25) is 0 Å². The van der Waals surface area contributed by atoms with Crippen LogP contribution in [-0.4, -0.2) is 29.6 Å². The van der Waals surface area contributed by atoms with Crippen molar-refractivity contribution in [3.8, 4) is 0 Å². The number of nitrogens with zero attached hydrogens (tertiary/aromatic N) is 1. The first-order valence-corrected chi connectivity index (χ1v) is 10.3. The number of non-ortho nitro benzene ring substituents is 1. The fraction of sp³-hybridized carbons (Fsp3) is 0.333. The zero-order chi connectivity index (χ0) is 23.8. The summed E-state index contributed by atoms with van der Waals surface area (Å²) >= 11 is 0. The third-order valence-electron chi connectivity index (χ3n) is 4.71. The SMILES string of the molecule is CC=CC=CCOC(=O)C1=C(C)NC(C)=C(C(=O)OC(C)C)C1c1cccc([N+](=O)[O-])c1. The Morgan fingerprint density at radius 1 is 1.16 bits per heavy atom. The van der Waals surface area contributed by atoms with Gasteiger partial charge < -0.3 is 14.8 Å². The summed E-state index contributed by atoms with van der Waals surface area (Å²) in [5.41, 5.74) is 1.70. The molecule has 32 heavy (non-hydrogen) atoms. The van der Waals surface area contributed by atoms with E-state index in [1.54, 1.807) is 52.0 Å². The Morgan fingerprint density at radius 2 is 1.81 bits per heavy atom. The summed E-state index contributed by atoms with van der Waals surface area (Å²) in [6.45, 7) is 8.75. The normalized spacial score (nSPS) is 16.6. The van der Waals surface area contributed by atoms with Gasteiger partial charge in [0.2, 0.25) is 0 Å². The Bertz CT molecular complexity index is 1020. The topological polar surface area (TPSA) is 108 Å². The van der Waals surface area contributed by atoms with Crippen LogP contribution in [0.3, 0.4) is 0 Å². The van der Waals surface area contributed by atoms with E-state index in [2.05, 4.69) is 5.32 Å². The molecule has 0 aliphatic carbocycles. The third kappa shape index (κ3) is 5.94. The smallest absolute Gasteiger partial charge is 0.337 e. The number of hydrogen-bond acceptors (Lipinski definition) is 7. The van der Waals surface area contributed by atoms with E-state index >= 15 is 0 Å². The Labute approximate surface area is 187 Å². The maximum absolute atomic E-state index is 13.1. The summed E-state index contributed by atoms with van der Waals surface area (Å²) in [6, 6.07) is 5.88. The second kappa shape index (κ2) is 11.1. The van der Waals surface area contributed by atoms with Gasteiger partial charge in [0.1, 0.15) is 6.61 Å². The quantitative estimate of drug-likeness (QED) is 0.275. The van der Waals surface area contributed by atoms with Gasteiger partial charge in [0.05, 0.1) is 28.1 Å². The van der Waals surface area contributed by atoms with E-state index in [9.17, 15) is 19.7 Å². The average Bonchev–Trinajstić information content (AvgIpc) is 2.72. The average molecular weight is 440 g/mol. The molecule has 0 amide bonds. The summed E-state index contributed by atoms with van der Waals surface area (Å²) in [7, 11) is 0. The molecule has 170 valence electrons. The third-order valence-corrected chi connectivity index (χ3v) is 4.71. The van der Waals surface area contributed by atoms with E-state index in [4.69, 9.17) is 9.47 Å².